The maximum atomic E-state index is 13.1. The number of carbonyl (C=O) groups is 4. The third-order valence-electron chi connectivity index (χ3n) is 24.2. The molecule has 4 amide bonds. The summed E-state index contributed by atoms with van der Waals surface area (Å²) in [6.45, 7) is 9.66. The molecule has 0 bridgehead atoms. The predicted molar refractivity (Wildman–Crippen MR) is 543 cm³/mol. The zero-order valence-corrected chi connectivity index (χ0v) is 79.2. The number of nitrogens with one attached hydrogen (secondary N) is 4. The Morgan fingerprint density at radius 2 is 0.715 bits per heavy atom. The topological polar surface area (TPSA) is 369 Å². The van der Waals surface area contributed by atoms with E-state index in [1.54, 1.807) is 159 Å². The fourth-order valence-electron chi connectivity index (χ4n) is 16.8. The second-order valence-electron chi connectivity index (χ2n) is 33.6. The SMILES string of the molecule is Cc1cc(N2CCCCS2(=O)=O)ccc1C(=O)Nc1ccc(Cl)c(-c2nccc3ncccc23)c1.Cc1ccc(NC(=O)c2ccc(N3CCCCS3(=O)=O)cc2)cc1-c1ccc2cnccc2n1.Cc1ccc(NC(=O)c2ccc(N3CCCCS3(=O)=O)cc2)cc1-c1ncc2ccccc2n1.Cc1ccc(NC(=O)c2ccc(N3CCCCS3(=O)=O)cc2)cc1-c1nccc2ncccc12. The minimum atomic E-state index is -3.32. The standard InChI is InChI=1S/C26H23ClN4O3S.3C26H24N4O3S/c1-17-15-19(31-13-2-3-14-35(31,33)34)7-8-20(17)26(32)30-18-6-9-23(27)22(16-18)25-21-5-4-11-28-24(21)10-12-29-25;1-18-4-8-21(16-23(18)25-11-7-20-17-27-13-12-24(20)29-25)28-26(31)19-5-9-22(10-6-19)30-14-2-3-15-34(30,32)33;1-18-6-9-20(17-23(18)25-22-5-4-13-27-24(22)12-14-28-25)29-26(31)19-7-10-21(11-8-19)30-15-2-3-16-34(30,32)33;1-18-8-11-21(16-23(18)25-27-17-20-6-2-3-7-24(20)29-25)28-26(31)19-9-12-22(13-10-19)30-14-4-5-15-34(30,32)33/h4-12,15-16H,2-3,13-14H2,1H3,(H,30,32);4-13,16-17H,2-3,14-15H2,1H3,(H,28,31);4-14,17H,2-3,15-16H2,1H3,(H,29,31);2-3,6-13,16-17H,4-5,14-15H2,1H3,(H,28,31). The van der Waals surface area contributed by atoms with E-state index in [-0.39, 0.29) is 46.6 Å². The first kappa shape index (κ1) is 94.0. The molecule has 4 fully saturated rings. The summed E-state index contributed by atoms with van der Waals surface area (Å²) < 4.78 is 105. The minimum absolute atomic E-state index is 0.148. The number of pyridine rings is 6. The largest absolute Gasteiger partial charge is 0.322 e. The summed E-state index contributed by atoms with van der Waals surface area (Å²) in [5, 5.41) is 16.0. The number of fused-ring (bicyclic) bond motifs is 4. The number of para-hydroxylation sites is 1. The Balaban J connectivity index is 0.000000127. The summed E-state index contributed by atoms with van der Waals surface area (Å²) in [6.07, 6.45) is 18.2. The number of hydrogen-bond donors (Lipinski definition) is 4. The normalized spacial score (nSPS) is 15.2. The van der Waals surface area contributed by atoms with Crippen molar-refractivity contribution in [2.45, 2.75) is 79.1 Å². The van der Waals surface area contributed by atoms with Gasteiger partial charge in [-0.1, -0.05) is 48.0 Å². The van der Waals surface area contributed by atoms with Crippen LogP contribution in [0.3, 0.4) is 0 Å². The number of carbonyl (C=O) groups excluding carboxylic acids is 4. The van der Waals surface area contributed by atoms with E-state index >= 15 is 0 Å². The first-order chi connectivity index (χ1) is 66.1. The summed E-state index contributed by atoms with van der Waals surface area (Å²) >= 11 is 6.50. The van der Waals surface area contributed by atoms with Crippen LogP contribution in [-0.2, 0) is 40.1 Å². The van der Waals surface area contributed by atoms with Crippen molar-refractivity contribution < 1.29 is 52.8 Å². The summed E-state index contributed by atoms with van der Waals surface area (Å²) in [7, 11) is -13.2. The van der Waals surface area contributed by atoms with Crippen molar-refractivity contribution in [1.82, 2.24) is 39.9 Å². The van der Waals surface area contributed by atoms with Crippen molar-refractivity contribution in [2.24, 2.45) is 0 Å². The van der Waals surface area contributed by atoms with E-state index in [9.17, 15) is 52.8 Å². The molecule has 16 aromatic rings. The average molecular weight is 1920 g/mol. The fraction of sp³-hybridized carbons (Fsp3) is 0.192. The van der Waals surface area contributed by atoms with Gasteiger partial charge in [-0.3, -0.25) is 61.3 Å². The van der Waals surface area contributed by atoms with Crippen LogP contribution >= 0.6 is 11.6 Å². The van der Waals surface area contributed by atoms with E-state index < -0.39 is 40.1 Å². The molecule has 0 aliphatic carbocycles. The molecule has 0 spiro atoms. The van der Waals surface area contributed by atoms with Crippen molar-refractivity contribution in [3.05, 3.63) is 336 Å². The second-order valence-corrected chi connectivity index (χ2v) is 42.1. The molecular formula is C104H95ClN16O12S4. The van der Waals surface area contributed by atoms with Gasteiger partial charge >= 0.3 is 0 Å². The lowest BCUT2D eigenvalue weighted by Crippen LogP contribution is -2.37. The van der Waals surface area contributed by atoms with Crippen molar-refractivity contribution in [2.75, 3.05) is 87.7 Å². The monoisotopic (exact) mass is 1920 g/mol. The molecule has 0 atom stereocenters. The Labute approximate surface area is 799 Å². The smallest absolute Gasteiger partial charge is 0.255 e. The molecule has 0 saturated carbocycles. The molecule has 11 heterocycles. The number of aromatic nitrogens is 8. The van der Waals surface area contributed by atoms with Gasteiger partial charge in [-0.25, -0.2) is 48.6 Å². The van der Waals surface area contributed by atoms with Crippen molar-refractivity contribution in [3.63, 3.8) is 0 Å². The van der Waals surface area contributed by atoms with E-state index in [4.69, 9.17) is 16.6 Å². The second kappa shape index (κ2) is 40.8. The fourth-order valence-corrected chi connectivity index (χ4v) is 23.6. The van der Waals surface area contributed by atoms with Crippen molar-refractivity contribution in [1.29, 1.82) is 0 Å². The Kier molecular flexibility index (Phi) is 28.0. The van der Waals surface area contributed by atoms with Crippen molar-refractivity contribution in [3.8, 4) is 45.2 Å². The lowest BCUT2D eigenvalue weighted by atomic mass is 10.0. The third kappa shape index (κ3) is 21.6. The molecule has 7 aromatic heterocycles. The first-order valence-electron chi connectivity index (χ1n) is 44.7. The van der Waals surface area contributed by atoms with Gasteiger partial charge in [-0.05, 0) is 308 Å². The highest BCUT2D eigenvalue weighted by molar-refractivity contribution is 7.93. The quantitative estimate of drug-likeness (QED) is 0.0698. The van der Waals surface area contributed by atoms with Crippen LogP contribution in [0.2, 0.25) is 5.02 Å². The molecule has 0 unspecified atom stereocenters. The van der Waals surface area contributed by atoms with Gasteiger partial charge in [-0.15, -0.1) is 0 Å². The van der Waals surface area contributed by atoms with Gasteiger partial charge in [0, 0.05) is 158 Å². The zero-order chi connectivity index (χ0) is 95.7. The Morgan fingerprint density at radius 3 is 1.20 bits per heavy atom. The molecule has 4 saturated heterocycles. The molecular weight excluding hydrogens is 1830 g/mol. The van der Waals surface area contributed by atoms with E-state index in [2.05, 4.69) is 56.2 Å². The van der Waals surface area contributed by atoms with E-state index in [1.165, 1.54) is 17.2 Å². The predicted octanol–water partition coefficient (Wildman–Crippen LogP) is 19.8. The van der Waals surface area contributed by atoms with Crippen LogP contribution in [0.15, 0.2) is 286 Å². The van der Waals surface area contributed by atoms with Gasteiger partial charge in [0.15, 0.2) is 5.82 Å². The van der Waals surface area contributed by atoms with E-state index in [0.29, 0.717) is 147 Å². The summed E-state index contributed by atoms with van der Waals surface area (Å²) in [6, 6.07) is 72.4. The highest BCUT2D eigenvalue weighted by atomic mass is 35.5. The number of rotatable bonds is 16. The lowest BCUT2D eigenvalue weighted by molar-refractivity contribution is 0.101. The Morgan fingerprint density at radius 1 is 0.314 bits per heavy atom. The summed E-state index contributed by atoms with van der Waals surface area (Å²) in [5.74, 6) is 0.121. The summed E-state index contributed by atoms with van der Waals surface area (Å²) in [4.78, 5) is 87.6. The number of amides is 4. The van der Waals surface area contributed by atoms with Crippen LogP contribution in [0.1, 0.15) is 115 Å². The van der Waals surface area contributed by atoms with E-state index in [1.807, 2.05) is 154 Å². The Bertz CT molecular complexity index is 7600. The molecule has 28 nitrogen and oxygen atoms in total. The molecule has 33 heteroatoms. The van der Waals surface area contributed by atoms with Crippen LogP contribution in [-0.4, -0.2) is 146 Å². The average Bonchev–Trinajstić information content (AvgIpc) is 0.790. The van der Waals surface area contributed by atoms with Crippen LogP contribution < -0.4 is 38.5 Å². The number of benzene rings is 9. The van der Waals surface area contributed by atoms with Crippen molar-refractivity contribution >= 4 is 164 Å². The van der Waals surface area contributed by atoms with Gasteiger partial charge in [0.05, 0.1) is 89.9 Å². The molecule has 137 heavy (non-hydrogen) atoms. The number of halogens is 1. The number of sulfonamides is 4. The molecule has 4 N–H and O–H groups in total. The third-order valence-corrected chi connectivity index (χ3v) is 32.0. The maximum absolute atomic E-state index is 13.1. The number of nitrogens with zero attached hydrogens (tertiary/aromatic N) is 12. The Hall–Kier alpha value is -14.8. The van der Waals surface area contributed by atoms with Crippen LogP contribution in [0.4, 0.5) is 45.5 Å². The molecule has 0 radical (unpaired) electrons. The molecule has 20 rings (SSSR count). The van der Waals surface area contributed by atoms with Crippen LogP contribution in [0, 0.1) is 27.7 Å². The highest BCUT2D eigenvalue weighted by Crippen LogP contribution is 2.38. The molecule has 694 valence electrons. The van der Waals surface area contributed by atoms with Crippen LogP contribution in [0.25, 0.3) is 88.8 Å². The highest BCUT2D eigenvalue weighted by Gasteiger charge is 2.32. The maximum Gasteiger partial charge on any atom is 0.255 e. The van der Waals surface area contributed by atoms with Gasteiger partial charge in [0.2, 0.25) is 40.1 Å². The lowest BCUT2D eigenvalue weighted by Gasteiger charge is -2.28. The molecule has 4 aliphatic heterocycles. The van der Waals surface area contributed by atoms with Gasteiger partial charge in [0.25, 0.3) is 23.6 Å². The number of anilines is 8. The molecule has 9 aromatic carbocycles. The zero-order valence-electron chi connectivity index (χ0n) is 75.2. The first-order valence-corrected chi connectivity index (χ1v) is 51.5. The number of hydrogen-bond acceptors (Lipinski definition) is 20. The molecule has 4 aliphatic rings. The minimum Gasteiger partial charge on any atom is -0.322 e. The van der Waals surface area contributed by atoms with Gasteiger partial charge < -0.3 is 21.3 Å². The summed E-state index contributed by atoms with van der Waals surface area (Å²) in [5.41, 5.74) is 19.5. The number of aryl methyl sites for hydroxylation is 4. The van der Waals surface area contributed by atoms with E-state index in [0.717, 1.165) is 114 Å². The van der Waals surface area contributed by atoms with Gasteiger partial charge in [-0.2, -0.15) is 0 Å². The van der Waals surface area contributed by atoms with Gasteiger partial charge in [0.1, 0.15) is 0 Å². The van der Waals surface area contributed by atoms with Crippen LogP contribution in [0.5, 0.6) is 0 Å².